The van der Waals surface area contributed by atoms with Crippen LogP contribution in [0.4, 0.5) is 0 Å². The largest absolute Gasteiger partial charge is 0.457 e. The van der Waals surface area contributed by atoms with Crippen molar-refractivity contribution < 1.29 is 56.2 Å². The highest BCUT2D eigenvalue weighted by Crippen LogP contribution is 2.26. The molecule has 60 heavy (non-hydrogen) atoms. The summed E-state index contributed by atoms with van der Waals surface area (Å²) in [5.41, 5.74) is 0. The van der Waals surface area contributed by atoms with Crippen molar-refractivity contribution in [2.45, 2.75) is 179 Å². The number of hydrogen-bond donors (Lipinski definition) is 4. The van der Waals surface area contributed by atoms with Gasteiger partial charge in [-0.2, -0.15) is 8.42 Å². The zero-order valence-electron chi connectivity index (χ0n) is 36.5. The molecule has 0 saturated carbocycles. The molecule has 1 aliphatic rings. The summed E-state index contributed by atoms with van der Waals surface area (Å²) >= 11 is 0. The highest BCUT2D eigenvalue weighted by molar-refractivity contribution is 7.80. The molecule has 1 heterocycles. The summed E-state index contributed by atoms with van der Waals surface area (Å²) in [5.74, 6) is -0.423. The first-order chi connectivity index (χ1) is 29.1. The molecule has 0 aliphatic carbocycles. The molecule has 0 aromatic heterocycles. The molecule has 0 spiro atoms. The van der Waals surface area contributed by atoms with E-state index in [0.29, 0.717) is 13.0 Å². The van der Waals surface area contributed by atoms with E-state index < -0.39 is 59.8 Å². The van der Waals surface area contributed by atoms with Crippen molar-refractivity contribution in [2.75, 3.05) is 26.4 Å². The lowest BCUT2D eigenvalue weighted by molar-refractivity contribution is -0.301. The Kier molecular flexibility index (Phi) is 35.0. The maximum atomic E-state index is 12.8. The van der Waals surface area contributed by atoms with Gasteiger partial charge in [-0.15, -0.1) is 0 Å². The second kappa shape index (κ2) is 38.0. The molecule has 4 N–H and O–H groups in total. The van der Waals surface area contributed by atoms with E-state index in [1.807, 2.05) is 0 Å². The molecule has 0 aromatic rings. The SMILES string of the molecule is CC/C=C\C/C=C\C/C=C\C/C=C\C/C=C\C/C=C\C/C=C\CCCCOCC(COC1OC(CO)C(O)C(OS(=O)(=O)O)C1O)OC(=O)CCCCCCCCCCC. The maximum absolute atomic E-state index is 12.8. The standard InChI is InChI=1S/C47H78O12S/c1-3-5-7-9-11-13-14-15-16-17-18-19-20-21-22-23-24-25-26-27-29-31-33-35-37-55-39-41(57-43(49)36-34-32-30-28-12-10-8-6-4-2)40-56-47-45(51)46(59-60(52,53)54)44(50)42(38-48)58-47/h5,7,11,13,15-16,18-19,21-22,24-25,27,29,41-42,44-48,50-51H,3-4,6,8-10,12,14,17,20,23,26,28,30-40H2,1-2H3,(H,52,53,54)/b7-5-,13-11-,16-15-,19-18-,22-21-,25-24-,29-27-. The number of unbranched alkanes of at least 4 members (excludes halogenated alkanes) is 10. The number of aliphatic hydroxyl groups is 3. The third-order valence-corrected chi connectivity index (χ3v) is 10.00. The average Bonchev–Trinajstić information content (AvgIpc) is 3.22. The Bertz CT molecular complexity index is 1370. The average molecular weight is 867 g/mol. The fourth-order valence-electron chi connectivity index (χ4n) is 6.18. The van der Waals surface area contributed by atoms with Crippen LogP contribution in [0.1, 0.15) is 142 Å². The topological polar surface area (TPSA) is 178 Å². The van der Waals surface area contributed by atoms with E-state index in [9.17, 15) is 28.5 Å². The first kappa shape index (κ1) is 55.3. The number of carbonyl (C=O) groups excluding carboxylic acids is 1. The molecule has 6 unspecified atom stereocenters. The summed E-state index contributed by atoms with van der Waals surface area (Å²) < 4.78 is 58.8. The highest BCUT2D eigenvalue weighted by Gasteiger charge is 2.48. The number of hydrogen-bond acceptors (Lipinski definition) is 11. The Balaban J connectivity index is 2.42. The van der Waals surface area contributed by atoms with Gasteiger partial charge in [0.15, 0.2) is 6.29 Å². The molecule has 1 rings (SSSR count). The van der Waals surface area contributed by atoms with Crippen molar-refractivity contribution in [2.24, 2.45) is 0 Å². The first-order valence-corrected chi connectivity index (χ1v) is 23.7. The molecule has 0 aromatic carbocycles. The van der Waals surface area contributed by atoms with Crippen LogP contribution in [0.2, 0.25) is 0 Å². The minimum Gasteiger partial charge on any atom is -0.457 e. The molecule has 1 saturated heterocycles. The van der Waals surface area contributed by atoms with E-state index >= 15 is 0 Å². The van der Waals surface area contributed by atoms with E-state index in [1.165, 1.54) is 32.1 Å². The molecule has 6 atom stereocenters. The monoisotopic (exact) mass is 867 g/mol. The summed E-state index contributed by atoms with van der Waals surface area (Å²) in [6, 6.07) is 0. The number of aliphatic hydroxyl groups excluding tert-OH is 3. The van der Waals surface area contributed by atoms with Gasteiger partial charge in [0.1, 0.15) is 30.5 Å². The van der Waals surface area contributed by atoms with Crippen LogP contribution in [0.15, 0.2) is 85.1 Å². The Hall–Kier alpha value is -2.72. The lowest BCUT2D eigenvalue weighted by atomic mass is 9.99. The zero-order valence-corrected chi connectivity index (χ0v) is 37.3. The van der Waals surface area contributed by atoms with Gasteiger partial charge in [0.25, 0.3) is 0 Å². The number of ether oxygens (including phenoxy) is 4. The lowest BCUT2D eigenvalue weighted by Gasteiger charge is -2.41. The number of carbonyl (C=O) groups is 1. The third kappa shape index (κ3) is 31.2. The minimum absolute atomic E-state index is 0.00182. The van der Waals surface area contributed by atoms with Gasteiger partial charge in [-0.1, -0.05) is 150 Å². The van der Waals surface area contributed by atoms with Crippen molar-refractivity contribution in [3.8, 4) is 0 Å². The molecular formula is C47H78O12S. The molecule has 344 valence electrons. The van der Waals surface area contributed by atoms with E-state index in [4.69, 9.17) is 23.5 Å². The molecule has 0 amide bonds. The third-order valence-electron chi connectivity index (χ3n) is 9.53. The summed E-state index contributed by atoms with van der Waals surface area (Å²) in [5, 5.41) is 30.6. The summed E-state index contributed by atoms with van der Waals surface area (Å²) in [6.07, 6.45) is 40.7. The predicted molar refractivity (Wildman–Crippen MR) is 239 cm³/mol. The van der Waals surface area contributed by atoms with Crippen LogP contribution >= 0.6 is 0 Å². The van der Waals surface area contributed by atoms with Gasteiger partial charge in [-0.25, -0.2) is 4.18 Å². The molecule has 0 bridgehead atoms. The normalized spacial score (nSPS) is 21.1. The van der Waals surface area contributed by atoms with Crippen molar-refractivity contribution in [3.05, 3.63) is 85.1 Å². The van der Waals surface area contributed by atoms with Crippen LogP contribution < -0.4 is 0 Å². The van der Waals surface area contributed by atoms with Crippen LogP contribution in [0.25, 0.3) is 0 Å². The highest BCUT2D eigenvalue weighted by atomic mass is 32.3. The quantitative estimate of drug-likeness (QED) is 0.0202. The lowest BCUT2D eigenvalue weighted by Crippen LogP contribution is -2.60. The molecule has 1 fully saturated rings. The molecule has 12 nitrogen and oxygen atoms in total. The van der Waals surface area contributed by atoms with Crippen LogP contribution in [-0.2, 0) is 38.3 Å². The Morgan fingerprint density at radius 1 is 0.650 bits per heavy atom. The van der Waals surface area contributed by atoms with Crippen LogP contribution in [-0.4, -0.2) is 97.5 Å². The van der Waals surface area contributed by atoms with Crippen LogP contribution in [0.5, 0.6) is 0 Å². The van der Waals surface area contributed by atoms with Gasteiger partial charge in [0, 0.05) is 13.0 Å². The Morgan fingerprint density at radius 2 is 1.15 bits per heavy atom. The van der Waals surface area contributed by atoms with E-state index in [1.54, 1.807) is 0 Å². The molecular weight excluding hydrogens is 789 g/mol. The maximum Gasteiger partial charge on any atom is 0.397 e. The second-order valence-electron chi connectivity index (χ2n) is 14.9. The van der Waals surface area contributed by atoms with Crippen LogP contribution in [0.3, 0.4) is 0 Å². The molecule has 0 radical (unpaired) electrons. The van der Waals surface area contributed by atoms with Crippen molar-refractivity contribution >= 4 is 16.4 Å². The smallest absolute Gasteiger partial charge is 0.397 e. The van der Waals surface area contributed by atoms with E-state index in [0.717, 1.165) is 83.5 Å². The summed E-state index contributed by atoms with van der Waals surface area (Å²) in [7, 11) is -5.07. The minimum atomic E-state index is -5.07. The van der Waals surface area contributed by atoms with E-state index in [2.05, 4.69) is 103 Å². The molecule has 13 heteroatoms. The van der Waals surface area contributed by atoms with Crippen molar-refractivity contribution in [3.63, 3.8) is 0 Å². The zero-order chi connectivity index (χ0) is 43.9. The van der Waals surface area contributed by atoms with Gasteiger partial charge in [-0.3, -0.25) is 9.35 Å². The predicted octanol–water partition coefficient (Wildman–Crippen LogP) is 9.29. The van der Waals surface area contributed by atoms with Gasteiger partial charge in [0.2, 0.25) is 0 Å². The van der Waals surface area contributed by atoms with E-state index in [-0.39, 0.29) is 19.6 Å². The number of esters is 1. The second-order valence-corrected chi connectivity index (χ2v) is 16.0. The first-order valence-electron chi connectivity index (χ1n) is 22.3. The number of rotatable bonds is 37. The fraction of sp³-hybridized carbons (Fsp3) is 0.681. The van der Waals surface area contributed by atoms with Gasteiger partial charge >= 0.3 is 16.4 Å². The van der Waals surface area contributed by atoms with Gasteiger partial charge < -0.3 is 34.3 Å². The number of allylic oxidation sites excluding steroid dienone is 14. The fourth-order valence-corrected chi connectivity index (χ4v) is 6.69. The van der Waals surface area contributed by atoms with Gasteiger partial charge in [-0.05, 0) is 70.6 Å². The van der Waals surface area contributed by atoms with Crippen LogP contribution in [0, 0.1) is 0 Å². The Morgan fingerprint density at radius 3 is 1.65 bits per heavy atom. The Labute approximate surface area is 362 Å². The summed E-state index contributed by atoms with van der Waals surface area (Å²) in [6.45, 7) is 3.71. The molecule has 1 aliphatic heterocycles. The van der Waals surface area contributed by atoms with Crippen molar-refractivity contribution in [1.29, 1.82) is 0 Å². The summed E-state index contributed by atoms with van der Waals surface area (Å²) in [4.78, 5) is 12.8. The van der Waals surface area contributed by atoms with Crippen molar-refractivity contribution in [1.82, 2.24) is 0 Å². The van der Waals surface area contributed by atoms with Gasteiger partial charge in [0.05, 0.1) is 19.8 Å².